The van der Waals surface area contributed by atoms with Crippen LogP contribution in [0.25, 0.3) is 6.08 Å². The molecule has 3 amide bonds. The van der Waals surface area contributed by atoms with E-state index in [2.05, 4.69) is 10.6 Å². The highest BCUT2D eigenvalue weighted by molar-refractivity contribution is 6.04. The van der Waals surface area contributed by atoms with Crippen LogP contribution in [0.3, 0.4) is 0 Å². The molecule has 2 N–H and O–H groups in total. The number of carbonyl (C=O) groups is 3. The molecule has 160 valence electrons. The Hall–Kier alpha value is -3.41. The van der Waals surface area contributed by atoms with E-state index in [-0.39, 0.29) is 17.7 Å². The van der Waals surface area contributed by atoms with Gasteiger partial charge >= 0.3 is 0 Å². The van der Waals surface area contributed by atoms with Crippen molar-refractivity contribution in [1.29, 1.82) is 0 Å². The van der Waals surface area contributed by atoms with Crippen molar-refractivity contribution < 1.29 is 14.4 Å². The van der Waals surface area contributed by atoms with Gasteiger partial charge in [-0.1, -0.05) is 18.2 Å². The first-order valence-corrected chi connectivity index (χ1v) is 10.8. The average molecular weight is 418 g/mol. The van der Waals surface area contributed by atoms with Gasteiger partial charge in [0.05, 0.1) is 0 Å². The number of benzene rings is 2. The van der Waals surface area contributed by atoms with Crippen LogP contribution in [0.4, 0.5) is 5.69 Å². The largest absolute Gasteiger partial charge is 0.349 e. The van der Waals surface area contributed by atoms with Gasteiger partial charge in [0.1, 0.15) is 0 Å². The van der Waals surface area contributed by atoms with Gasteiger partial charge in [0, 0.05) is 42.0 Å². The van der Waals surface area contributed by atoms with Gasteiger partial charge in [0.15, 0.2) is 0 Å². The second-order valence-electron chi connectivity index (χ2n) is 8.17. The zero-order chi connectivity index (χ0) is 21.8. The average Bonchev–Trinajstić information content (AvgIpc) is 3.41. The van der Waals surface area contributed by atoms with Crippen LogP contribution in [-0.2, 0) is 4.79 Å². The van der Waals surface area contributed by atoms with E-state index in [0.717, 1.165) is 49.9 Å². The van der Waals surface area contributed by atoms with Crippen molar-refractivity contribution >= 4 is 29.5 Å². The highest BCUT2D eigenvalue weighted by Crippen LogP contribution is 2.22. The first-order valence-electron chi connectivity index (χ1n) is 10.8. The van der Waals surface area contributed by atoms with Gasteiger partial charge < -0.3 is 15.5 Å². The Morgan fingerprint density at radius 1 is 1.00 bits per heavy atom. The number of hydrogen-bond acceptors (Lipinski definition) is 3. The molecule has 0 radical (unpaired) electrons. The summed E-state index contributed by atoms with van der Waals surface area (Å²) in [5.74, 6) is -0.313. The van der Waals surface area contributed by atoms with Gasteiger partial charge in [0.2, 0.25) is 5.91 Å². The quantitative estimate of drug-likeness (QED) is 0.702. The zero-order valence-corrected chi connectivity index (χ0v) is 17.7. The van der Waals surface area contributed by atoms with E-state index in [9.17, 15) is 14.4 Å². The van der Waals surface area contributed by atoms with Crippen LogP contribution in [0.1, 0.15) is 57.5 Å². The first kappa shape index (κ1) is 20.8. The predicted octanol–water partition coefficient (Wildman–Crippen LogP) is 3.78. The Balaban J connectivity index is 1.38. The van der Waals surface area contributed by atoms with E-state index in [1.54, 1.807) is 30.3 Å². The number of nitrogens with one attached hydrogen (secondary N) is 2. The van der Waals surface area contributed by atoms with Crippen LogP contribution < -0.4 is 10.6 Å². The third kappa shape index (κ3) is 5.20. The minimum atomic E-state index is -0.274. The smallest absolute Gasteiger partial charge is 0.254 e. The van der Waals surface area contributed by atoms with E-state index < -0.39 is 0 Å². The lowest BCUT2D eigenvalue weighted by molar-refractivity contribution is -0.111. The standard InChI is InChI=1S/C25H27N3O3/c1-17-21(25(31)28-15-2-3-16-28)5-4-6-22(17)27-23(29)14-9-18-7-10-19(11-8-18)24(30)26-20-12-13-20/h4-11,14,20H,2-3,12-13,15-16H2,1H3,(H,26,30)(H,27,29)/b14-9+. The summed E-state index contributed by atoms with van der Waals surface area (Å²) in [7, 11) is 0. The molecule has 2 aromatic rings. The summed E-state index contributed by atoms with van der Waals surface area (Å²) in [5.41, 5.74) is 3.47. The maximum atomic E-state index is 12.7. The van der Waals surface area contributed by atoms with Crippen molar-refractivity contribution in [3.8, 4) is 0 Å². The van der Waals surface area contributed by atoms with E-state index in [1.807, 2.05) is 30.0 Å². The van der Waals surface area contributed by atoms with Crippen LogP contribution in [-0.4, -0.2) is 41.8 Å². The summed E-state index contributed by atoms with van der Waals surface area (Å²) in [6, 6.07) is 12.9. The molecule has 6 heteroatoms. The highest BCUT2D eigenvalue weighted by atomic mass is 16.2. The Morgan fingerprint density at radius 2 is 1.71 bits per heavy atom. The molecule has 0 bridgehead atoms. The molecule has 1 saturated heterocycles. The van der Waals surface area contributed by atoms with Gasteiger partial charge in [-0.05, 0) is 74.1 Å². The third-order valence-corrected chi connectivity index (χ3v) is 5.73. The second kappa shape index (κ2) is 9.16. The fourth-order valence-electron chi connectivity index (χ4n) is 3.68. The number of nitrogens with zero attached hydrogens (tertiary/aromatic N) is 1. The summed E-state index contributed by atoms with van der Waals surface area (Å²) >= 11 is 0. The molecular formula is C25H27N3O3. The van der Waals surface area contributed by atoms with Gasteiger partial charge in [-0.2, -0.15) is 0 Å². The van der Waals surface area contributed by atoms with Crippen LogP contribution in [0.5, 0.6) is 0 Å². The molecule has 0 spiro atoms. The summed E-state index contributed by atoms with van der Waals surface area (Å²) in [6.07, 6.45) is 7.34. The van der Waals surface area contributed by atoms with Crippen molar-refractivity contribution in [2.24, 2.45) is 0 Å². The molecule has 4 rings (SSSR count). The zero-order valence-electron chi connectivity index (χ0n) is 17.7. The van der Waals surface area contributed by atoms with E-state index in [1.165, 1.54) is 6.08 Å². The number of anilines is 1. The number of amides is 3. The van der Waals surface area contributed by atoms with E-state index in [0.29, 0.717) is 22.9 Å². The molecule has 1 saturated carbocycles. The molecule has 0 atom stereocenters. The first-order chi connectivity index (χ1) is 15.0. The second-order valence-corrected chi connectivity index (χ2v) is 8.17. The molecule has 2 fully saturated rings. The number of hydrogen-bond donors (Lipinski definition) is 2. The highest BCUT2D eigenvalue weighted by Gasteiger charge is 2.24. The number of carbonyl (C=O) groups excluding carboxylic acids is 3. The Labute approximate surface area is 182 Å². The molecule has 6 nitrogen and oxygen atoms in total. The topological polar surface area (TPSA) is 78.5 Å². The summed E-state index contributed by atoms with van der Waals surface area (Å²) in [4.78, 5) is 39.1. The number of likely N-dealkylation sites (tertiary alicyclic amines) is 1. The van der Waals surface area contributed by atoms with Gasteiger partial charge in [-0.3, -0.25) is 14.4 Å². The van der Waals surface area contributed by atoms with Crippen molar-refractivity contribution in [1.82, 2.24) is 10.2 Å². The fraction of sp³-hybridized carbons (Fsp3) is 0.320. The SMILES string of the molecule is Cc1c(NC(=O)/C=C/c2ccc(C(=O)NC3CC3)cc2)cccc1C(=O)N1CCCC1. The van der Waals surface area contributed by atoms with Crippen molar-refractivity contribution in [2.45, 2.75) is 38.6 Å². The van der Waals surface area contributed by atoms with E-state index >= 15 is 0 Å². The monoisotopic (exact) mass is 417 g/mol. The molecule has 1 aliphatic heterocycles. The van der Waals surface area contributed by atoms with Gasteiger partial charge in [0.25, 0.3) is 11.8 Å². The molecule has 31 heavy (non-hydrogen) atoms. The van der Waals surface area contributed by atoms with Gasteiger partial charge in [-0.15, -0.1) is 0 Å². The molecule has 0 aromatic heterocycles. The molecule has 1 heterocycles. The lowest BCUT2D eigenvalue weighted by Gasteiger charge is -2.18. The maximum Gasteiger partial charge on any atom is 0.254 e. The van der Waals surface area contributed by atoms with Crippen molar-refractivity contribution in [3.63, 3.8) is 0 Å². The Morgan fingerprint density at radius 3 is 2.39 bits per heavy atom. The van der Waals surface area contributed by atoms with Crippen LogP contribution in [0.15, 0.2) is 48.5 Å². The molecule has 1 aliphatic carbocycles. The minimum absolute atomic E-state index is 0.0208. The van der Waals surface area contributed by atoms with Crippen LogP contribution >= 0.6 is 0 Å². The molecule has 2 aromatic carbocycles. The summed E-state index contributed by atoms with van der Waals surface area (Å²) in [6.45, 7) is 3.44. The summed E-state index contributed by atoms with van der Waals surface area (Å²) < 4.78 is 0. The molecule has 0 unspecified atom stereocenters. The van der Waals surface area contributed by atoms with Crippen LogP contribution in [0.2, 0.25) is 0 Å². The molecule has 2 aliphatic rings. The van der Waals surface area contributed by atoms with E-state index in [4.69, 9.17) is 0 Å². The molecular weight excluding hydrogens is 390 g/mol. The minimum Gasteiger partial charge on any atom is -0.349 e. The lowest BCUT2D eigenvalue weighted by Crippen LogP contribution is -2.28. The Bertz CT molecular complexity index is 1020. The van der Waals surface area contributed by atoms with Crippen molar-refractivity contribution in [3.05, 3.63) is 70.8 Å². The fourth-order valence-corrected chi connectivity index (χ4v) is 3.68. The predicted molar refractivity (Wildman–Crippen MR) is 121 cm³/mol. The normalized spacial score (nSPS) is 15.8. The number of rotatable bonds is 6. The van der Waals surface area contributed by atoms with Gasteiger partial charge in [-0.25, -0.2) is 0 Å². The van der Waals surface area contributed by atoms with Crippen molar-refractivity contribution in [2.75, 3.05) is 18.4 Å². The maximum absolute atomic E-state index is 12.7. The van der Waals surface area contributed by atoms with Crippen LogP contribution in [0, 0.1) is 6.92 Å². The summed E-state index contributed by atoms with van der Waals surface area (Å²) in [5, 5.41) is 5.82. The third-order valence-electron chi connectivity index (χ3n) is 5.73. The lowest BCUT2D eigenvalue weighted by atomic mass is 10.1. The Kier molecular flexibility index (Phi) is 6.16.